The number of amides is 2. The molecular formula is C28H29F3N10O2. The van der Waals surface area contributed by atoms with Crippen LogP contribution in [0.25, 0.3) is 16.9 Å². The predicted octanol–water partition coefficient (Wildman–Crippen LogP) is 3.04. The largest absolute Gasteiger partial charge is 0.435 e. The summed E-state index contributed by atoms with van der Waals surface area (Å²) in [6, 6.07) is 6.19. The second-order valence-electron chi connectivity index (χ2n) is 10.1. The number of benzene rings is 1. The summed E-state index contributed by atoms with van der Waals surface area (Å²) >= 11 is 0. The average Bonchev–Trinajstić information content (AvgIpc) is 3.73. The van der Waals surface area contributed by atoms with Crippen molar-refractivity contribution in [2.24, 2.45) is 0 Å². The molecule has 43 heavy (non-hydrogen) atoms. The lowest BCUT2D eigenvalue weighted by Crippen LogP contribution is -2.48. The van der Waals surface area contributed by atoms with E-state index < -0.39 is 17.9 Å². The molecule has 0 aliphatic carbocycles. The smallest absolute Gasteiger partial charge is 0.350 e. The quantitative estimate of drug-likeness (QED) is 0.231. The van der Waals surface area contributed by atoms with Crippen molar-refractivity contribution in [1.82, 2.24) is 40.1 Å². The minimum absolute atomic E-state index is 0.0422. The SMILES string of the molecule is CCc1cc(Nc2nccn3c(-c4cn(CC#N)nc4C(F)(F)F)cnc23)ccc1C(=O)NC(C)C(=O)NC1CCNC1. The highest BCUT2D eigenvalue weighted by Crippen LogP contribution is 2.37. The summed E-state index contributed by atoms with van der Waals surface area (Å²) in [7, 11) is 0. The van der Waals surface area contributed by atoms with Gasteiger partial charge in [-0.3, -0.25) is 18.7 Å². The van der Waals surface area contributed by atoms with Crippen LogP contribution in [0.15, 0.2) is 43.0 Å². The van der Waals surface area contributed by atoms with Crippen LogP contribution in [0.2, 0.25) is 0 Å². The van der Waals surface area contributed by atoms with Crippen molar-refractivity contribution in [3.63, 3.8) is 0 Å². The van der Waals surface area contributed by atoms with E-state index in [1.807, 2.05) is 6.92 Å². The standard InChI is InChI=1S/C28H29F3N10O2/c1-3-17-12-18(4-5-20(17)27(43)36-16(2)26(42)38-19-6-8-33-13-19)37-24-25-35-14-22(41(25)11-9-34-24)21-15-40(10-7-32)39-23(21)28(29,30)31/h4-5,9,11-12,14-16,19,33H,3,6,8,10,13H2,1-2H3,(H,34,37)(H,36,43)(H,38,42). The van der Waals surface area contributed by atoms with E-state index in [0.717, 1.165) is 23.8 Å². The highest BCUT2D eigenvalue weighted by Gasteiger charge is 2.38. The summed E-state index contributed by atoms with van der Waals surface area (Å²) in [4.78, 5) is 34.2. The van der Waals surface area contributed by atoms with Gasteiger partial charge >= 0.3 is 6.18 Å². The molecule has 224 valence electrons. The van der Waals surface area contributed by atoms with Gasteiger partial charge in [-0.05, 0) is 50.1 Å². The number of aryl methyl sites for hydroxylation is 1. The van der Waals surface area contributed by atoms with Gasteiger partial charge in [0.05, 0.1) is 23.5 Å². The summed E-state index contributed by atoms with van der Waals surface area (Å²) < 4.78 is 43.6. The van der Waals surface area contributed by atoms with Crippen LogP contribution in [0.5, 0.6) is 0 Å². The fourth-order valence-electron chi connectivity index (χ4n) is 4.94. The van der Waals surface area contributed by atoms with Gasteiger partial charge in [-0.15, -0.1) is 0 Å². The minimum atomic E-state index is -4.74. The van der Waals surface area contributed by atoms with Gasteiger partial charge in [-0.1, -0.05) is 6.92 Å². The summed E-state index contributed by atoms with van der Waals surface area (Å²) in [5.74, 6) is -0.361. The van der Waals surface area contributed by atoms with Crippen LogP contribution in [0.3, 0.4) is 0 Å². The van der Waals surface area contributed by atoms with Crippen molar-refractivity contribution < 1.29 is 22.8 Å². The molecule has 15 heteroatoms. The zero-order chi connectivity index (χ0) is 30.7. The number of hydrogen-bond acceptors (Lipinski definition) is 8. The van der Waals surface area contributed by atoms with Gasteiger partial charge < -0.3 is 21.3 Å². The van der Waals surface area contributed by atoms with E-state index in [1.165, 1.54) is 23.0 Å². The third-order valence-electron chi connectivity index (χ3n) is 7.11. The number of nitrogens with zero attached hydrogens (tertiary/aromatic N) is 6. The van der Waals surface area contributed by atoms with E-state index in [0.29, 0.717) is 29.8 Å². The maximum Gasteiger partial charge on any atom is 0.435 e. The summed E-state index contributed by atoms with van der Waals surface area (Å²) in [6.45, 7) is 4.72. The Labute approximate surface area is 244 Å². The van der Waals surface area contributed by atoms with Crippen molar-refractivity contribution >= 4 is 29.0 Å². The Hall–Kier alpha value is -4.97. The number of halogens is 3. The maximum absolute atomic E-state index is 13.7. The molecule has 0 spiro atoms. The normalized spacial score (nSPS) is 15.7. The lowest BCUT2D eigenvalue weighted by molar-refractivity contribution is -0.141. The Balaban J connectivity index is 1.37. The highest BCUT2D eigenvalue weighted by atomic mass is 19.4. The molecule has 4 aromatic rings. The van der Waals surface area contributed by atoms with Crippen molar-refractivity contribution in [1.29, 1.82) is 5.26 Å². The summed E-state index contributed by atoms with van der Waals surface area (Å²) in [5, 5.41) is 24.5. The monoisotopic (exact) mass is 594 g/mol. The molecule has 1 saturated heterocycles. The van der Waals surface area contributed by atoms with E-state index in [4.69, 9.17) is 5.26 Å². The second kappa shape index (κ2) is 12.1. The fraction of sp³-hybridized carbons (Fsp3) is 0.357. The van der Waals surface area contributed by atoms with E-state index in [2.05, 4.69) is 36.3 Å². The molecule has 12 nitrogen and oxygen atoms in total. The van der Waals surface area contributed by atoms with Crippen LogP contribution in [0.4, 0.5) is 24.7 Å². The number of nitrogens with one attached hydrogen (secondary N) is 4. The number of nitriles is 1. The number of carbonyl (C=O) groups is 2. The van der Waals surface area contributed by atoms with Gasteiger partial charge in [0.2, 0.25) is 5.91 Å². The third-order valence-corrected chi connectivity index (χ3v) is 7.11. The van der Waals surface area contributed by atoms with E-state index in [-0.39, 0.29) is 47.1 Å². The molecule has 3 aromatic heterocycles. The van der Waals surface area contributed by atoms with Crippen LogP contribution in [-0.2, 0) is 23.9 Å². The number of alkyl halides is 3. The van der Waals surface area contributed by atoms with Gasteiger partial charge in [0.1, 0.15) is 12.6 Å². The number of anilines is 2. The van der Waals surface area contributed by atoms with Crippen molar-refractivity contribution in [3.8, 4) is 17.3 Å². The Morgan fingerprint density at radius 3 is 2.79 bits per heavy atom. The van der Waals surface area contributed by atoms with Crippen molar-refractivity contribution in [3.05, 3.63) is 59.8 Å². The van der Waals surface area contributed by atoms with Crippen LogP contribution in [0, 0.1) is 11.3 Å². The Morgan fingerprint density at radius 1 is 1.28 bits per heavy atom. The van der Waals surface area contributed by atoms with Crippen molar-refractivity contribution in [2.75, 3.05) is 18.4 Å². The number of imidazole rings is 1. The number of hydrogen-bond donors (Lipinski definition) is 4. The number of rotatable bonds is 9. The lowest BCUT2D eigenvalue weighted by Gasteiger charge is -2.18. The average molecular weight is 595 g/mol. The Bertz CT molecular complexity index is 1700. The summed E-state index contributed by atoms with van der Waals surface area (Å²) in [6.07, 6.45) is 1.97. The topological polar surface area (TPSA) is 154 Å². The van der Waals surface area contributed by atoms with Gasteiger partial charge in [0, 0.05) is 42.4 Å². The van der Waals surface area contributed by atoms with E-state index in [1.54, 1.807) is 31.2 Å². The predicted molar refractivity (Wildman–Crippen MR) is 150 cm³/mol. The zero-order valence-electron chi connectivity index (χ0n) is 23.4. The molecule has 1 aliphatic rings. The van der Waals surface area contributed by atoms with E-state index in [9.17, 15) is 22.8 Å². The summed E-state index contributed by atoms with van der Waals surface area (Å²) in [5.41, 5.74) is 0.746. The van der Waals surface area contributed by atoms with Crippen LogP contribution < -0.4 is 21.3 Å². The van der Waals surface area contributed by atoms with Gasteiger partial charge in [0.15, 0.2) is 17.2 Å². The minimum Gasteiger partial charge on any atom is -0.350 e. The van der Waals surface area contributed by atoms with E-state index >= 15 is 0 Å². The molecule has 0 bridgehead atoms. The van der Waals surface area contributed by atoms with Crippen LogP contribution in [-0.4, -0.2) is 61.1 Å². The van der Waals surface area contributed by atoms with Gasteiger partial charge in [-0.2, -0.15) is 23.5 Å². The van der Waals surface area contributed by atoms with Crippen LogP contribution >= 0.6 is 0 Å². The molecule has 2 unspecified atom stereocenters. The molecular weight excluding hydrogens is 565 g/mol. The number of aromatic nitrogens is 5. The van der Waals surface area contributed by atoms with Gasteiger partial charge in [-0.25, -0.2) is 9.97 Å². The molecule has 1 aromatic carbocycles. The highest BCUT2D eigenvalue weighted by molar-refractivity contribution is 5.99. The fourth-order valence-corrected chi connectivity index (χ4v) is 4.94. The first-order chi connectivity index (χ1) is 20.6. The lowest BCUT2D eigenvalue weighted by atomic mass is 10.0. The molecule has 0 radical (unpaired) electrons. The Morgan fingerprint density at radius 2 is 2.09 bits per heavy atom. The zero-order valence-corrected chi connectivity index (χ0v) is 23.4. The second-order valence-corrected chi connectivity index (χ2v) is 10.1. The number of carbonyl (C=O) groups excluding carboxylic acids is 2. The molecule has 4 heterocycles. The molecule has 1 fully saturated rings. The molecule has 0 saturated carbocycles. The molecule has 4 N–H and O–H groups in total. The molecule has 2 amide bonds. The van der Waals surface area contributed by atoms with Crippen molar-refractivity contribution in [2.45, 2.75) is 51.5 Å². The first-order valence-corrected chi connectivity index (χ1v) is 13.6. The molecule has 2 atom stereocenters. The van der Waals surface area contributed by atoms with Crippen LogP contribution in [0.1, 0.15) is 41.9 Å². The number of fused-ring (bicyclic) bond motifs is 1. The third kappa shape index (κ3) is 6.28. The molecule has 1 aliphatic heterocycles. The Kier molecular flexibility index (Phi) is 8.31. The maximum atomic E-state index is 13.7. The molecule has 5 rings (SSSR count). The first kappa shape index (κ1) is 29.5. The van der Waals surface area contributed by atoms with Gasteiger partial charge in [0.25, 0.3) is 5.91 Å². The first-order valence-electron chi connectivity index (χ1n) is 13.6.